The predicted octanol–water partition coefficient (Wildman–Crippen LogP) is -1.26. The molecule has 0 aliphatic carbocycles. The van der Waals surface area contributed by atoms with Gasteiger partial charge in [0.1, 0.15) is 5.21 Å². The van der Waals surface area contributed by atoms with Crippen LogP contribution >= 0.6 is 11.6 Å². The van der Waals surface area contributed by atoms with Crippen LogP contribution in [0.4, 0.5) is 0 Å². The number of rotatable bonds is 2. The van der Waals surface area contributed by atoms with Crippen molar-refractivity contribution in [1.82, 2.24) is 0 Å². The van der Waals surface area contributed by atoms with Gasteiger partial charge in [-0.15, -0.1) is 11.6 Å². The molecule has 0 spiro atoms. The van der Waals surface area contributed by atoms with Crippen molar-refractivity contribution in [2.24, 2.45) is 0 Å². The minimum Gasteiger partial charge on any atom is -0.483 e. The summed E-state index contributed by atoms with van der Waals surface area (Å²) in [5.41, 5.74) is 0. The fourth-order valence-corrected chi connectivity index (χ4v) is 0. The molecule has 4 N–H and O–H groups in total. The lowest BCUT2D eigenvalue weighted by molar-refractivity contribution is -0.122. The van der Waals surface area contributed by atoms with Gasteiger partial charge >= 0.3 is 0 Å². The van der Waals surface area contributed by atoms with Gasteiger partial charge in [-0.2, -0.15) is 8.42 Å². The molecule has 0 amide bonds. The standard InChI is InChI=1S/C2H6O2.CH3ClO3S.CH2O2/c3-1-2-4;2-1-6(3,4)5;2-1-3/h3-4H,1-2H2;1H2,(H,3,4,5);1H,(H,2,3). The Morgan fingerprint density at radius 1 is 1.23 bits per heavy atom. The van der Waals surface area contributed by atoms with E-state index in [1.165, 1.54) is 0 Å². The largest absolute Gasteiger partial charge is 0.483 e. The van der Waals surface area contributed by atoms with Gasteiger partial charge in [0.2, 0.25) is 0 Å². The van der Waals surface area contributed by atoms with Crippen molar-refractivity contribution in [2.45, 2.75) is 0 Å². The molecule has 0 rings (SSSR count). The van der Waals surface area contributed by atoms with Gasteiger partial charge in [-0.05, 0) is 0 Å². The summed E-state index contributed by atoms with van der Waals surface area (Å²) in [5.74, 6) is 0. The monoisotopic (exact) mass is 238 g/mol. The van der Waals surface area contributed by atoms with Crippen LogP contribution in [-0.4, -0.2) is 53.2 Å². The van der Waals surface area contributed by atoms with Gasteiger partial charge in [-0.3, -0.25) is 9.35 Å². The molecule has 0 fully saturated rings. The normalized spacial score (nSPS) is 8.62. The molecule has 0 radical (unpaired) electrons. The molecule has 0 saturated heterocycles. The number of hydrogen-bond acceptors (Lipinski definition) is 5. The number of carbonyl (C=O) groups is 1. The van der Waals surface area contributed by atoms with Gasteiger partial charge in [-0.25, -0.2) is 0 Å². The van der Waals surface area contributed by atoms with Crippen LogP contribution in [0.5, 0.6) is 0 Å². The van der Waals surface area contributed by atoms with Crippen molar-refractivity contribution < 1.29 is 33.1 Å². The van der Waals surface area contributed by atoms with E-state index < -0.39 is 15.3 Å². The molecule has 0 aromatic rings. The minimum absolute atomic E-state index is 0.125. The molecule has 9 heteroatoms. The van der Waals surface area contributed by atoms with E-state index in [0.29, 0.717) is 0 Å². The summed E-state index contributed by atoms with van der Waals surface area (Å²) in [6.07, 6.45) is 0. The molecule has 7 nitrogen and oxygen atoms in total. The molecule has 0 atom stereocenters. The van der Waals surface area contributed by atoms with E-state index in [9.17, 15) is 8.42 Å². The quantitative estimate of drug-likeness (QED) is 0.268. The zero-order valence-corrected chi connectivity index (χ0v) is 8.07. The lowest BCUT2D eigenvalue weighted by atomic mass is 10.8. The highest BCUT2D eigenvalue weighted by molar-refractivity contribution is 7.87. The van der Waals surface area contributed by atoms with Crippen molar-refractivity contribution in [3.63, 3.8) is 0 Å². The predicted molar refractivity (Wildman–Crippen MR) is 45.1 cm³/mol. The highest BCUT2D eigenvalue weighted by atomic mass is 35.5. The molecule has 0 aromatic heterocycles. The van der Waals surface area contributed by atoms with Gasteiger partial charge in [0.25, 0.3) is 16.6 Å². The molecule has 0 aromatic carbocycles. The van der Waals surface area contributed by atoms with Crippen LogP contribution in [0, 0.1) is 0 Å². The third-order valence-corrected chi connectivity index (χ3v) is 1.34. The summed E-state index contributed by atoms with van der Waals surface area (Å²) in [6.45, 7) is -0.500. The van der Waals surface area contributed by atoms with Crippen LogP contribution in [0.15, 0.2) is 0 Å². The Morgan fingerprint density at radius 3 is 1.38 bits per heavy atom. The van der Waals surface area contributed by atoms with E-state index in [1.807, 2.05) is 0 Å². The number of hydrogen-bond donors (Lipinski definition) is 4. The SMILES string of the molecule is O=CO.O=S(=O)(O)CCl.OCCO. The summed E-state index contributed by atoms with van der Waals surface area (Å²) < 4.78 is 26.5. The van der Waals surface area contributed by atoms with E-state index in [4.69, 9.17) is 24.7 Å². The van der Waals surface area contributed by atoms with Gasteiger partial charge in [0.05, 0.1) is 13.2 Å². The molecule has 0 saturated carbocycles. The van der Waals surface area contributed by atoms with Crippen LogP contribution in [0.3, 0.4) is 0 Å². The maximum atomic E-state index is 9.42. The van der Waals surface area contributed by atoms with Crippen LogP contribution in [-0.2, 0) is 14.9 Å². The Balaban J connectivity index is -0.000000125. The Kier molecular flexibility index (Phi) is 20.0. The molecule has 13 heavy (non-hydrogen) atoms. The van der Waals surface area contributed by atoms with Gasteiger partial charge in [0, 0.05) is 0 Å². The summed E-state index contributed by atoms with van der Waals surface area (Å²) >= 11 is 4.64. The molecular weight excluding hydrogens is 228 g/mol. The van der Waals surface area contributed by atoms with Crippen LogP contribution < -0.4 is 0 Å². The fraction of sp³-hybridized carbons (Fsp3) is 0.750. The van der Waals surface area contributed by atoms with E-state index in [-0.39, 0.29) is 19.7 Å². The fourth-order valence-electron chi connectivity index (χ4n) is 0. The van der Waals surface area contributed by atoms with Gasteiger partial charge in [-0.1, -0.05) is 0 Å². The van der Waals surface area contributed by atoms with Crippen molar-refractivity contribution in [2.75, 3.05) is 18.4 Å². The summed E-state index contributed by atoms with van der Waals surface area (Å²) in [6, 6.07) is 0. The second-order valence-corrected chi connectivity index (χ2v) is 3.28. The Labute approximate surface area is 80.3 Å². The highest BCUT2D eigenvalue weighted by Crippen LogP contribution is 1.82. The van der Waals surface area contributed by atoms with Crippen molar-refractivity contribution >= 4 is 28.2 Å². The first-order chi connectivity index (χ1) is 5.89. The second-order valence-electron chi connectivity index (χ2n) is 1.24. The average molecular weight is 239 g/mol. The molecule has 82 valence electrons. The van der Waals surface area contributed by atoms with Crippen molar-refractivity contribution in [3.05, 3.63) is 0 Å². The summed E-state index contributed by atoms with van der Waals surface area (Å²) in [5, 5.41) is 21.4. The smallest absolute Gasteiger partial charge is 0.290 e. The first-order valence-electron chi connectivity index (χ1n) is 2.70. The van der Waals surface area contributed by atoms with Crippen molar-refractivity contribution in [1.29, 1.82) is 0 Å². The molecule has 0 heterocycles. The number of carboxylic acid groups (broad SMARTS) is 1. The number of aliphatic hydroxyl groups excluding tert-OH is 2. The third kappa shape index (κ3) is 82.7. The molecule has 0 aliphatic rings. The number of aliphatic hydroxyl groups is 2. The zero-order valence-electron chi connectivity index (χ0n) is 6.50. The zero-order chi connectivity index (χ0) is 11.3. The van der Waals surface area contributed by atoms with E-state index in [0.717, 1.165) is 0 Å². The van der Waals surface area contributed by atoms with Gasteiger partial charge < -0.3 is 15.3 Å². The second kappa shape index (κ2) is 14.1. The lowest BCUT2D eigenvalue weighted by Crippen LogP contribution is -1.95. The van der Waals surface area contributed by atoms with Crippen LogP contribution in [0.2, 0.25) is 0 Å². The number of alkyl halides is 1. The molecular formula is C4H11ClO7S. The van der Waals surface area contributed by atoms with Crippen LogP contribution in [0.25, 0.3) is 0 Å². The molecule has 0 unspecified atom stereocenters. The van der Waals surface area contributed by atoms with E-state index in [1.54, 1.807) is 0 Å². The Morgan fingerprint density at radius 2 is 1.38 bits per heavy atom. The lowest BCUT2D eigenvalue weighted by Gasteiger charge is -1.78. The maximum Gasteiger partial charge on any atom is 0.290 e. The summed E-state index contributed by atoms with van der Waals surface area (Å²) in [4.78, 5) is 8.36. The van der Waals surface area contributed by atoms with E-state index >= 15 is 0 Å². The molecule has 0 bridgehead atoms. The first kappa shape index (κ1) is 18.4. The minimum atomic E-state index is -3.90. The first-order valence-corrected chi connectivity index (χ1v) is 4.84. The maximum absolute atomic E-state index is 9.42. The van der Waals surface area contributed by atoms with Gasteiger partial charge in [0.15, 0.2) is 0 Å². The number of halogens is 1. The Bertz CT molecular complexity index is 175. The van der Waals surface area contributed by atoms with E-state index in [2.05, 4.69) is 11.6 Å². The van der Waals surface area contributed by atoms with Crippen molar-refractivity contribution in [3.8, 4) is 0 Å². The van der Waals surface area contributed by atoms with Crippen LogP contribution in [0.1, 0.15) is 0 Å². The summed E-state index contributed by atoms with van der Waals surface area (Å²) in [7, 11) is -3.90. The topological polar surface area (TPSA) is 132 Å². The average Bonchev–Trinajstić information content (AvgIpc) is 2.05. The Hall–Kier alpha value is -0.410. The molecule has 0 aliphatic heterocycles. The third-order valence-electron chi connectivity index (χ3n) is 0.238. The highest BCUT2D eigenvalue weighted by Gasteiger charge is 1.95.